The lowest BCUT2D eigenvalue weighted by Crippen LogP contribution is -2.24. The first-order valence-electron chi connectivity index (χ1n) is 12.9. The van der Waals surface area contributed by atoms with Gasteiger partial charge in [0.25, 0.3) is 0 Å². The van der Waals surface area contributed by atoms with Crippen molar-refractivity contribution in [1.29, 1.82) is 0 Å². The average Bonchev–Trinajstić information content (AvgIpc) is 3.52. The molecule has 5 heteroatoms. The highest BCUT2D eigenvalue weighted by Gasteiger charge is 2.19. The first-order chi connectivity index (χ1) is 17.6. The molecule has 0 bridgehead atoms. The molecule has 1 aliphatic heterocycles. The van der Waals surface area contributed by atoms with Gasteiger partial charge in [-0.15, -0.1) is 0 Å². The highest BCUT2D eigenvalue weighted by molar-refractivity contribution is 5.56. The Morgan fingerprint density at radius 3 is 2.56 bits per heavy atom. The van der Waals surface area contributed by atoms with Crippen molar-refractivity contribution < 1.29 is 9.47 Å². The molecule has 0 spiro atoms. The molecule has 4 aromatic rings. The summed E-state index contributed by atoms with van der Waals surface area (Å²) in [5.41, 5.74) is 7.67. The quantitative estimate of drug-likeness (QED) is 0.247. The smallest absolute Gasteiger partial charge is 0.231 e. The van der Waals surface area contributed by atoms with Crippen LogP contribution in [0.15, 0.2) is 72.9 Å². The van der Waals surface area contributed by atoms with Crippen LogP contribution in [0.5, 0.6) is 11.5 Å². The van der Waals surface area contributed by atoms with Crippen molar-refractivity contribution in [3.8, 4) is 22.9 Å². The second kappa shape index (κ2) is 11.0. The number of hydrogen-bond acceptors (Lipinski definition) is 4. The molecule has 1 aromatic heterocycles. The number of unbranched alkanes of at least 4 members (excludes halogenated alkanes) is 1. The van der Waals surface area contributed by atoms with Gasteiger partial charge in [-0.1, -0.05) is 67.9 Å². The molecule has 5 rings (SSSR count). The van der Waals surface area contributed by atoms with Gasteiger partial charge in [0.15, 0.2) is 11.5 Å². The Morgan fingerprint density at radius 2 is 1.72 bits per heavy atom. The second-order valence-electron chi connectivity index (χ2n) is 9.64. The van der Waals surface area contributed by atoms with Gasteiger partial charge in [-0.05, 0) is 54.7 Å². The maximum absolute atomic E-state index is 5.65. The third kappa shape index (κ3) is 5.31. The van der Waals surface area contributed by atoms with E-state index in [1.165, 1.54) is 27.9 Å². The van der Waals surface area contributed by atoms with Crippen LogP contribution in [0.3, 0.4) is 0 Å². The molecule has 0 saturated heterocycles. The molecule has 0 N–H and O–H groups in total. The average molecular weight is 482 g/mol. The maximum atomic E-state index is 5.65. The summed E-state index contributed by atoms with van der Waals surface area (Å²) in [5, 5.41) is 0. The fourth-order valence-corrected chi connectivity index (χ4v) is 4.84. The molecule has 36 heavy (non-hydrogen) atoms. The minimum absolute atomic E-state index is 0.296. The normalized spacial score (nSPS) is 12.4. The van der Waals surface area contributed by atoms with Gasteiger partial charge in [0.1, 0.15) is 5.82 Å². The van der Waals surface area contributed by atoms with E-state index in [-0.39, 0.29) is 0 Å². The van der Waals surface area contributed by atoms with Gasteiger partial charge >= 0.3 is 0 Å². The molecule has 3 aromatic carbocycles. The largest absolute Gasteiger partial charge is 0.454 e. The summed E-state index contributed by atoms with van der Waals surface area (Å²) in [6, 6.07) is 23.4. The van der Waals surface area contributed by atoms with Crippen molar-refractivity contribution >= 4 is 0 Å². The zero-order chi connectivity index (χ0) is 24.9. The minimum atomic E-state index is 0.296. The number of ether oxygens (including phenoxy) is 2. The third-order valence-electron chi connectivity index (χ3n) is 7.05. The lowest BCUT2D eigenvalue weighted by Gasteiger charge is -2.25. The number of hydrogen-bond donors (Lipinski definition) is 0. The van der Waals surface area contributed by atoms with Crippen LogP contribution >= 0.6 is 0 Å². The Morgan fingerprint density at radius 1 is 0.889 bits per heavy atom. The predicted octanol–water partition coefficient (Wildman–Crippen LogP) is 6.90. The first-order valence-corrected chi connectivity index (χ1v) is 12.9. The lowest BCUT2D eigenvalue weighted by atomic mass is 10.0. The van der Waals surface area contributed by atoms with Gasteiger partial charge < -0.3 is 14.0 Å². The standard InChI is InChI=1S/C31H35N3O2/c1-4-5-16-34-28(18-32-31(34)26-11-7-6-8-12-26)21-33(20-27-13-9-10-23(2)24(27)3)19-25-14-15-29-30(17-25)36-22-35-29/h6-15,17-18H,4-5,16,19-22H2,1-3H3. The SMILES string of the molecule is CCCCn1c(CN(Cc2ccc3c(c2)OCO3)Cc2cccc(C)c2C)cnc1-c1ccccc1. The van der Waals surface area contributed by atoms with Gasteiger partial charge in [0, 0.05) is 31.7 Å². The molecule has 1 aliphatic rings. The maximum Gasteiger partial charge on any atom is 0.231 e. The lowest BCUT2D eigenvalue weighted by molar-refractivity contribution is 0.174. The van der Waals surface area contributed by atoms with Crippen LogP contribution in [0.1, 0.15) is 47.7 Å². The molecule has 186 valence electrons. The predicted molar refractivity (Wildman–Crippen MR) is 144 cm³/mol. The minimum Gasteiger partial charge on any atom is -0.454 e. The van der Waals surface area contributed by atoms with Gasteiger partial charge in [-0.2, -0.15) is 0 Å². The molecule has 0 atom stereocenters. The number of nitrogens with zero attached hydrogens (tertiary/aromatic N) is 3. The third-order valence-corrected chi connectivity index (χ3v) is 7.05. The fraction of sp³-hybridized carbons (Fsp3) is 0.323. The van der Waals surface area contributed by atoms with Gasteiger partial charge in [-0.25, -0.2) is 4.98 Å². The summed E-state index contributed by atoms with van der Waals surface area (Å²) >= 11 is 0. The Labute approximate surface area is 214 Å². The Balaban J connectivity index is 1.47. The van der Waals surface area contributed by atoms with Crippen LogP contribution < -0.4 is 9.47 Å². The van der Waals surface area contributed by atoms with E-state index < -0.39 is 0 Å². The van der Waals surface area contributed by atoms with Crippen molar-refractivity contribution in [2.75, 3.05) is 6.79 Å². The van der Waals surface area contributed by atoms with Crippen LogP contribution in [-0.4, -0.2) is 21.2 Å². The summed E-state index contributed by atoms with van der Waals surface area (Å²) in [7, 11) is 0. The van der Waals surface area contributed by atoms with Gasteiger partial charge in [0.2, 0.25) is 6.79 Å². The molecule has 0 aliphatic carbocycles. The van der Waals surface area contributed by atoms with Crippen LogP contribution in [0.25, 0.3) is 11.4 Å². The zero-order valence-corrected chi connectivity index (χ0v) is 21.5. The second-order valence-corrected chi connectivity index (χ2v) is 9.64. The van der Waals surface area contributed by atoms with Crippen molar-refractivity contribution in [2.45, 2.75) is 59.8 Å². The molecule has 0 amide bonds. The van der Waals surface area contributed by atoms with Crippen LogP contribution in [0.2, 0.25) is 0 Å². The summed E-state index contributed by atoms with van der Waals surface area (Å²) < 4.78 is 13.6. The molecular weight excluding hydrogens is 446 g/mol. The Kier molecular flexibility index (Phi) is 7.38. The van der Waals surface area contributed by atoms with E-state index in [1.807, 2.05) is 6.07 Å². The number of benzene rings is 3. The number of imidazole rings is 1. The number of rotatable bonds is 10. The Bertz CT molecular complexity index is 1310. The summed E-state index contributed by atoms with van der Waals surface area (Å²) in [6.45, 7) is 10.4. The van der Waals surface area contributed by atoms with Gasteiger partial charge in [0.05, 0.1) is 11.9 Å². The first kappa shape index (κ1) is 24.1. The van der Waals surface area contributed by atoms with E-state index in [1.54, 1.807) is 0 Å². The monoisotopic (exact) mass is 481 g/mol. The van der Waals surface area contributed by atoms with E-state index in [0.717, 1.165) is 61.9 Å². The molecule has 0 radical (unpaired) electrons. The van der Waals surface area contributed by atoms with E-state index in [4.69, 9.17) is 14.5 Å². The topological polar surface area (TPSA) is 39.5 Å². The molecular formula is C31H35N3O2. The molecule has 0 unspecified atom stereocenters. The molecule has 0 saturated carbocycles. The highest BCUT2D eigenvalue weighted by Crippen LogP contribution is 2.33. The zero-order valence-electron chi connectivity index (χ0n) is 21.5. The number of aryl methyl sites for hydroxylation is 1. The van der Waals surface area contributed by atoms with Crippen molar-refractivity contribution in [3.63, 3.8) is 0 Å². The molecule has 0 fully saturated rings. The number of fused-ring (bicyclic) bond motifs is 1. The highest BCUT2D eigenvalue weighted by atomic mass is 16.7. The van der Waals surface area contributed by atoms with E-state index >= 15 is 0 Å². The van der Waals surface area contributed by atoms with Crippen LogP contribution in [-0.2, 0) is 26.2 Å². The van der Waals surface area contributed by atoms with E-state index in [0.29, 0.717) is 6.79 Å². The summed E-state index contributed by atoms with van der Waals surface area (Å²) in [6.07, 6.45) is 4.34. The van der Waals surface area contributed by atoms with Gasteiger partial charge in [-0.3, -0.25) is 4.90 Å². The molecule has 5 nitrogen and oxygen atoms in total. The van der Waals surface area contributed by atoms with E-state index in [2.05, 4.69) is 97.1 Å². The van der Waals surface area contributed by atoms with E-state index in [9.17, 15) is 0 Å². The fourth-order valence-electron chi connectivity index (χ4n) is 4.84. The van der Waals surface area contributed by atoms with Crippen LogP contribution in [0.4, 0.5) is 0 Å². The van der Waals surface area contributed by atoms with Crippen molar-refractivity contribution in [2.24, 2.45) is 0 Å². The van der Waals surface area contributed by atoms with Crippen LogP contribution in [0, 0.1) is 13.8 Å². The molecule has 2 heterocycles. The summed E-state index contributed by atoms with van der Waals surface area (Å²) in [5.74, 6) is 2.71. The van der Waals surface area contributed by atoms with Crippen molar-refractivity contribution in [3.05, 3.63) is 101 Å². The Hall–Kier alpha value is -3.57. The summed E-state index contributed by atoms with van der Waals surface area (Å²) in [4.78, 5) is 7.39. The number of aromatic nitrogens is 2. The van der Waals surface area contributed by atoms with Crippen molar-refractivity contribution in [1.82, 2.24) is 14.5 Å².